The molecule has 0 amide bonds. The number of unbranched alkanes of at least 4 members (excludes halogenated alkanes) is 1. The van der Waals surface area contributed by atoms with Gasteiger partial charge in [0.05, 0.1) is 12.7 Å². The summed E-state index contributed by atoms with van der Waals surface area (Å²) in [5.74, 6) is -1.32. The van der Waals surface area contributed by atoms with Gasteiger partial charge < -0.3 is 9.53 Å². The fraction of sp³-hybridized carbons (Fsp3) is 0.333. The lowest BCUT2D eigenvalue weighted by molar-refractivity contribution is -0.107. The van der Waals surface area contributed by atoms with Gasteiger partial charge in [-0.05, 0) is 30.5 Å². The third-order valence-corrected chi connectivity index (χ3v) is 2.75. The topological polar surface area (TPSA) is 43.4 Å². The lowest BCUT2D eigenvalue weighted by Gasteiger charge is -2.09. The summed E-state index contributed by atoms with van der Waals surface area (Å²) in [5.41, 5.74) is 0.493. The molecule has 92 valence electrons. The molecule has 1 rings (SSSR count). The van der Waals surface area contributed by atoms with Crippen LogP contribution < -0.4 is 0 Å². The van der Waals surface area contributed by atoms with Crippen LogP contribution in [0.15, 0.2) is 16.6 Å². The Morgan fingerprint density at radius 1 is 1.53 bits per heavy atom. The van der Waals surface area contributed by atoms with E-state index in [1.54, 1.807) is 6.07 Å². The first kappa shape index (κ1) is 13.8. The predicted octanol–water partition coefficient (Wildman–Crippen LogP) is 2.90. The molecule has 0 saturated heterocycles. The average molecular weight is 303 g/mol. The van der Waals surface area contributed by atoms with E-state index in [1.807, 2.05) is 0 Å². The van der Waals surface area contributed by atoms with E-state index in [1.165, 1.54) is 13.2 Å². The molecule has 0 aromatic heterocycles. The Kier molecular flexibility index (Phi) is 5.28. The van der Waals surface area contributed by atoms with Crippen molar-refractivity contribution < 1.29 is 18.7 Å². The normalized spacial score (nSPS) is 10.1. The molecule has 1 aromatic carbocycles. The lowest BCUT2D eigenvalue weighted by atomic mass is 10.0. The number of hydrogen-bond acceptors (Lipinski definition) is 3. The zero-order valence-corrected chi connectivity index (χ0v) is 10.9. The number of carbonyl (C=O) groups is 2. The van der Waals surface area contributed by atoms with Crippen LogP contribution in [0.4, 0.5) is 4.39 Å². The molecule has 0 fully saturated rings. The van der Waals surface area contributed by atoms with Crippen LogP contribution in [0.3, 0.4) is 0 Å². The van der Waals surface area contributed by atoms with Gasteiger partial charge in [-0.3, -0.25) is 0 Å². The fourth-order valence-electron chi connectivity index (χ4n) is 1.53. The number of benzene rings is 1. The number of methoxy groups -OCH3 is 1. The molecular weight excluding hydrogens is 291 g/mol. The van der Waals surface area contributed by atoms with Gasteiger partial charge in [0, 0.05) is 10.9 Å². The van der Waals surface area contributed by atoms with Gasteiger partial charge >= 0.3 is 5.97 Å². The van der Waals surface area contributed by atoms with E-state index in [9.17, 15) is 14.0 Å². The number of aryl methyl sites for hydroxylation is 1. The SMILES string of the molecule is COC(=O)c1c(F)cc(Br)cc1CCCC=O. The van der Waals surface area contributed by atoms with Gasteiger partial charge in [-0.1, -0.05) is 15.9 Å². The van der Waals surface area contributed by atoms with Crippen molar-refractivity contribution in [3.8, 4) is 0 Å². The minimum absolute atomic E-state index is 0.0541. The molecule has 3 nitrogen and oxygen atoms in total. The lowest BCUT2D eigenvalue weighted by Crippen LogP contribution is -2.09. The highest BCUT2D eigenvalue weighted by atomic mass is 79.9. The molecule has 0 saturated carbocycles. The molecule has 0 atom stereocenters. The van der Waals surface area contributed by atoms with Crippen molar-refractivity contribution in [1.82, 2.24) is 0 Å². The maximum Gasteiger partial charge on any atom is 0.341 e. The van der Waals surface area contributed by atoms with Gasteiger partial charge in [0.2, 0.25) is 0 Å². The first-order chi connectivity index (χ1) is 8.10. The van der Waals surface area contributed by atoms with Crippen molar-refractivity contribution in [3.05, 3.63) is 33.5 Å². The van der Waals surface area contributed by atoms with E-state index in [2.05, 4.69) is 20.7 Å². The summed E-state index contributed by atoms with van der Waals surface area (Å²) in [5, 5.41) is 0. The second kappa shape index (κ2) is 6.49. The summed E-state index contributed by atoms with van der Waals surface area (Å²) in [6, 6.07) is 2.88. The van der Waals surface area contributed by atoms with Crippen molar-refractivity contribution in [2.45, 2.75) is 19.3 Å². The molecule has 0 aliphatic rings. The van der Waals surface area contributed by atoms with Crippen molar-refractivity contribution >= 4 is 28.2 Å². The molecule has 0 aliphatic heterocycles. The van der Waals surface area contributed by atoms with Crippen LogP contribution in [-0.2, 0) is 16.0 Å². The van der Waals surface area contributed by atoms with Gasteiger partial charge in [-0.15, -0.1) is 0 Å². The number of carbonyl (C=O) groups excluding carboxylic acids is 2. The number of aldehydes is 1. The van der Waals surface area contributed by atoms with Gasteiger partial charge in [0.25, 0.3) is 0 Å². The predicted molar refractivity (Wildman–Crippen MR) is 64.4 cm³/mol. The average Bonchev–Trinajstić information content (AvgIpc) is 2.28. The number of hydrogen-bond donors (Lipinski definition) is 0. The van der Waals surface area contributed by atoms with Gasteiger partial charge in [0.15, 0.2) is 0 Å². The standard InChI is InChI=1S/C12H12BrFO3/c1-17-12(16)11-8(4-2-3-5-15)6-9(13)7-10(11)14/h5-7H,2-4H2,1H3. The Bertz CT molecular complexity index is 432. The second-order valence-electron chi connectivity index (χ2n) is 3.47. The number of rotatable bonds is 5. The molecule has 0 radical (unpaired) electrons. The molecule has 0 heterocycles. The molecule has 0 unspecified atom stereocenters. The summed E-state index contributed by atoms with van der Waals surface area (Å²) in [4.78, 5) is 21.7. The third kappa shape index (κ3) is 3.63. The first-order valence-electron chi connectivity index (χ1n) is 5.10. The summed E-state index contributed by atoms with van der Waals surface area (Å²) < 4.78 is 18.8. The monoisotopic (exact) mass is 302 g/mol. The van der Waals surface area contributed by atoms with Crippen molar-refractivity contribution in [2.24, 2.45) is 0 Å². The Balaban J connectivity index is 3.06. The molecule has 0 aliphatic carbocycles. The van der Waals surface area contributed by atoms with Crippen molar-refractivity contribution in [3.63, 3.8) is 0 Å². The summed E-state index contributed by atoms with van der Waals surface area (Å²) >= 11 is 3.17. The van der Waals surface area contributed by atoms with E-state index >= 15 is 0 Å². The third-order valence-electron chi connectivity index (χ3n) is 2.29. The molecule has 17 heavy (non-hydrogen) atoms. The quantitative estimate of drug-likeness (QED) is 0.477. The van der Waals surface area contributed by atoms with E-state index in [0.29, 0.717) is 29.3 Å². The van der Waals surface area contributed by atoms with Crippen molar-refractivity contribution in [1.29, 1.82) is 0 Å². The van der Waals surface area contributed by atoms with Crippen LogP contribution in [0.1, 0.15) is 28.8 Å². The van der Waals surface area contributed by atoms with E-state index < -0.39 is 11.8 Å². The number of ether oxygens (including phenoxy) is 1. The minimum atomic E-state index is -0.698. The zero-order chi connectivity index (χ0) is 12.8. The Morgan fingerprint density at radius 3 is 2.82 bits per heavy atom. The van der Waals surface area contributed by atoms with Crippen LogP contribution in [0.2, 0.25) is 0 Å². The van der Waals surface area contributed by atoms with Gasteiger partial charge in [-0.25, -0.2) is 9.18 Å². The molecule has 0 spiro atoms. The highest BCUT2D eigenvalue weighted by molar-refractivity contribution is 9.10. The van der Waals surface area contributed by atoms with Crippen LogP contribution >= 0.6 is 15.9 Å². The molecule has 0 N–H and O–H groups in total. The molecule has 0 bridgehead atoms. The maximum atomic E-state index is 13.7. The molecular formula is C12H12BrFO3. The van der Waals surface area contributed by atoms with Crippen LogP contribution in [0.5, 0.6) is 0 Å². The van der Waals surface area contributed by atoms with E-state index in [-0.39, 0.29) is 5.56 Å². The highest BCUT2D eigenvalue weighted by Crippen LogP contribution is 2.22. The largest absolute Gasteiger partial charge is 0.465 e. The molecule has 1 aromatic rings. The Labute approximate surface area is 107 Å². The van der Waals surface area contributed by atoms with Gasteiger partial charge in [-0.2, -0.15) is 0 Å². The van der Waals surface area contributed by atoms with Crippen LogP contribution in [0, 0.1) is 5.82 Å². The van der Waals surface area contributed by atoms with Gasteiger partial charge in [0.1, 0.15) is 12.1 Å². The fourth-order valence-corrected chi connectivity index (χ4v) is 2.01. The Morgan fingerprint density at radius 2 is 2.24 bits per heavy atom. The van der Waals surface area contributed by atoms with E-state index in [4.69, 9.17) is 0 Å². The summed E-state index contributed by atoms with van der Waals surface area (Å²) in [7, 11) is 1.21. The molecule has 5 heteroatoms. The van der Waals surface area contributed by atoms with Crippen LogP contribution in [0.25, 0.3) is 0 Å². The smallest absolute Gasteiger partial charge is 0.341 e. The summed E-state index contributed by atoms with van der Waals surface area (Å²) in [6.07, 6.45) is 2.21. The number of esters is 1. The van der Waals surface area contributed by atoms with E-state index in [0.717, 1.165) is 6.29 Å². The highest BCUT2D eigenvalue weighted by Gasteiger charge is 2.18. The van der Waals surface area contributed by atoms with Crippen LogP contribution in [-0.4, -0.2) is 19.4 Å². The Hall–Kier alpha value is -1.23. The number of halogens is 2. The summed E-state index contributed by atoms with van der Waals surface area (Å²) in [6.45, 7) is 0. The van der Waals surface area contributed by atoms with Crippen molar-refractivity contribution in [2.75, 3.05) is 7.11 Å². The second-order valence-corrected chi connectivity index (χ2v) is 4.39. The minimum Gasteiger partial charge on any atom is -0.465 e. The zero-order valence-electron chi connectivity index (χ0n) is 9.33. The first-order valence-corrected chi connectivity index (χ1v) is 5.89. The maximum absolute atomic E-state index is 13.7.